The van der Waals surface area contributed by atoms with Gasteiger partial charge in [-0.2, -0.15) is 0 Å². The van der Waals surface area contributed by atoms with E-state index in [1.807, 2.05) is 25.1 Å². The van der Waals surface area contributed by atoms with Crippen molar-refractivity contribution in [1.82, 2.24) is 4.90 Å². The first kappa shape index (κ1) is 13.9. The van der Waals surface area contributed by atoms with Gasteiger partial charge in [-0.3, -0.25) is 4.79 Å². The van der Waals surface area contributed by atoms with Crippen molar-refractivity contribution in [1.29, 1.82) is 0 Å². The summed E-state index contributed by atoms with van der Waals surface area (Å²) in [6.07, 6.45) is 2.63. The van der Waals surface area contributed by atoms with Crippen molar-refractivity contribution in [2.75, 3.05) is 20.6 Å². The van der Waals surface area contributed by atoms with E-state index in [0.717, 1.165) is 24.9 Å². The van der Waals surface area contributed by atoms with E-state index in [0.29, 0.717) is 6.42 Å². The second kappa shape index (κ2) is 6.55. The zero-order valence-electron chi connectivity index (χ0n) is 11.4. The molecule has 0 bridgehead atoms. The van der Waals surface area contributed by atoms with Gasteiger partial charge in [0.25, 0.3) is 0 Å². The summed E-state index contributed by atoms with van der Waals surface area (Å²) < 4.78 is 0. The van der Waals surface area contributed by atoms with Gasteiger partial charge >= 0.3 is 0 Å². The zero-order valence-corrected chi connectivity index (χ0v) is 11.4. The van der Waals surface area contributed by atoms with Gasteiger partial charge < -0.3 is 4.90 Å². The largest absolute Gasteiger partial charge is 0.309 e. The highest BCUT2D eigenvalue weighted by atomic mass is 16.1. The molecule has 0 amide bonds. The Morgan fingerprint density at radius 1 is 1.12 bits per heavy atom. The van der Waals surface area contributed by atoms with Crippen molar-refractivity contribution in [3.63, 3.8) is 0 Å². The maximum Gasteiger partial charge on any atom is 0.164 e. The summed E-state index contributed by atoms with van der Waals surface area (Å²) in [7, 11) is 3.98. The number of aryl methyl sites for hydroxylation is 2. The van der Waals surface area contributed by atoms with E-state index in [1.165, 1.54) is 11.1 Å². The highest BCUT2D eigenvalue weighted by Crippen LogP contribution is 2.15. The summed E-state index contributed by atoms with van der Waals surface area (Å²) in [5.74, 6) is 0.246. The lowest BCUT2D eigenvalue weighted by Crippen LogP contribution is -2.16. The molecule has 0 saturated heterocycles. The van der Waals surface area contributed by atoms with Crippen LogP contribution in [0.3, 0.4) is 0 Å². The Hall–Kier alpha value is -1.15. The van der Waals surface area contributed by atoms with E-state index in [-0.39, 0.29) is 5.78 Å². The lowest BCUT2D eigenvalue weighted by Gasteiger charge is -2.10. The minimum Gasteiger partial charge on any atom is -0.309 e. The zero-order chi connectivity index (χ0) is 12.8. The molecule has 2 nitrogen and oxygen atoms in total. The average Bonchev–Trinajstić information content (AvgIpc) is 2.34. The minimum absolute atomic E-state index is 0.246. The summed E-state index contributed by atoms with van der Waals surface area (Å²) in [5, 5.41) is 0. The van der Waals surface area contributed by atoms with Crippen LogP contribution in [0.5, 0.6) is 0 Å². The van der Waals surface area contributed by atoms with Crippen molar-refractivity contribution < 1.29 is 4.79 Å². The van der Waals surface area contributed by atoms with Crippen molar-refractivity contribution in [2.45, 2.75) is 33.1 Å². The standard InChI is InChI=1S/C15H23NO/c1-5-12-7-8-14(11-13(12)6-2)15(17)9-10-16(3)4/h7-8,11H,5-6,9-10H2,1-4H3. The molecular weight excluding hydrogens is 210 g/mol. The van der Waals surface area contributed by atoms with Gasteiger partial charge in [-0.1, -0.05) is 26.0 Å². The molecular formula is C15H23NO. The molecule has 0 saturated carbocycles. The van der Waals surface area contributed by atoms with Crippen LogP contribution in [0.15, 0.2) is 18.2 Å². The number of benzene rings is 1. The van der Waals surface area contributed by atoms with E-state index in [9.17, 15) is 4.79 Å². The molecule has 2 heteroatoms. The smallest absolute Gasteiger partial charge is 0.164 e. The van der Waals surface area contributed by atoms with E-state index < -0.39 is 0 Å². The molecule has 0 atom stereocenters. The highest BCUT2D eigenvalue weighted by Gasteiger charge is 2.08. The number of hydrogen-bond acceptors (Lipinski definition) is 2. The molecule has 0 aliphatic rings. The first-order valence-electron chi connectivity index (χ1n) is 6.38. The van der Waals surface area contributed by atoms with Crippen LogP contribution in [0.25, 0.3) is 0 Å². The van der Waals surface area contributed by atoms with Crippen LogP contribution in [0.1, 0.15) is 41.8 Å². The number of nitrogens with zero attached hydrogens (tertiary/aromatic N) is 1. The second-order valence-corrected chi connectivity index (χ2v) is 4.67. The Bertz CT molecular complexity index is 383. The third-order valence-electron chi connectivity index (χ3n) is 3.08. The fourth-order valence-corrected chi connectivity index (χ4v) is 1.94. The van der Waals surface area contributed by atoms with Crippen molar-refractivity contribution in [3.05, 3.63) is 34.9 Å². The van der Waals surface area contributed by atoms with Crippen LogP contribution in [0.4, 0.5) is 0 Å². The van der Waals surface area contributed by atoms with Gasteiger partial charge in [-0.15, -0.1) is 0 Å². The lowest BCUT2D eigenvalue weighted by molar-refractivity contribution is 0.0972. The third-order valence-corrected chi connectivity index (χ3v) is 3.08. The molecule has 1 aromatic rings. The van der Waals surface area contributed by atoms with Gasteiger partial charge in [-0.05, 0) is 44.1 Å². The van der Waals surface area contributed by atoms with Crippen molar-refractivity contribution in [2.24, 2.45) is 0 Å². The molecule has 0 spiro atoms. The van der Waals surface area contributed by atoms with Gasteiger partial charge in [0, 0.05) is 18.5 Å². The summed E-state index contributed by atoms with van der Waals surface area (Å²) >= 11 is 0. The first-order valence-corrected chi connectivity index (χ1v) is 6.38. The summed E-state index contributed by atoms with van der Waals surface area (Å²) in [6.45, 7) is 5.11. The molecule has 0 aliphatic carbocycles. The number of ketones is 1. The maximum atomic E-state index is 12.0. The van der Waals surface area contributed by atoms with Gasteiger partial charge in [0.2, 0.25) is 0 Å². The molecule has 17 heavy (non-hydrogen) atoms. The van der Waals surface area contributed by atoms with Crippen LogP contribution in [0, 0.1) is 0 Å². The number of rotatable bonds is 6. The number of carbonyl (C=O) groups is 1. The van der Waals surface area contributed by atoms with Crippen LogP contribution in [-0.4, -0.2) is 31.3 Å². The van der Waals surface area contributed by atoms with Gasteiger partial charge in [-0.25, -0.2) is 0 Å². The topological polar surface area (TPSA) is 20.3 Å². The predicted octanol–water partition coefficient (Wildman–Crippen LogP) is 2.95. The Morgan fingerprint density at radius 3 is 2.29 bits per heavy atom. The summed E-state index contributed by atoms with van der Waals surface area (Å²) in [6, 6.07) is 6.13. The van der Waals surface area contributed by atoms with Crippen LogP contribution < -0.4 is 0 Å². The fraction of sp³-hybridized carbons (Fsp3) is 0.533. The highest BCUT2D eigenvalue weighted by molar-refractivity contribution is 5.96. The van der Waals surface area contributed by atoms with Crippen LogP contribution >= 0.6 is 0 Å². The predicted molar refractivity (Wildman–Crippen MR) is 72.7 cm³/mol. The molecule has 0 radical (unpaired) electrons. The Kier molecular flexibility index (Phi) is 5.36. The molecule has 0 heterocycles. The van der Waals surface area contributed by atoms with E-state index in [2.05, 4.69) is 26.0 Å². The molecule has 0 unspecified atom stereocenters. The Balaban J connectivity index is 2.81. The van der Waals surface area contributed by atoms with Crippen LogP contribution in [0.2, 0.25) is 0 Å². The molecule has 0 aliphatic heterocycles. The van der Waals surface area contributed by atoms with Gasteiger partial charge in [0.1, 0.15) is 0 Å². The van der Waals surface area contributed by atoms with Crippen LogP contribution in [-0.2, 0) is 12.8 Å². The number of Topliss-reactive ketones (excluding diaryl/α,β-unsaturated/α-hetero) is 1. The van der Waals surface area contributed by atoms with Gasteiger partial charge in [0.15, 0.2) is 5.78 Å². The first-order chi connectivity index (χ1) is 8.08. The Labute approximate surface area is 105 Å². The fourth-order valence-electron chi connectivity index (χ4n) is 1.94. The molecule has 1 rings (SSSR count). The molecule has 0 N–H and O–H groups in total. The second-order valence-electron chi connectivity index (χ2n) is 4.67. The quantitative estimate of drug-likeness (QED) is 0.704. The normalized spacial score (nSPS) is 10.9. The van der Waals surface area contributed by atoms with E-state index in [4.69, 9.17) is 0 Å². The summed E-state index contributed by atoms with van der Waals surface area (Å²) in [4.78, 5) is 14.0. The average molecular weight is 233 g/mol. The minimum atomic E-state index is 0.246. The third kappa shape index (κ3) is 3.97. The maximum absolute atomic E-state index is 12.0. The van der Waals surface area contributed by atoms with Crippen molar-refractivity contribution in [3.8, 4) is 0 Å². The van der Waals surface area contributed by atoms with Crippen molar-refractivity contribution >= 4 is 5.78 Å². The van der Waals surface area contributed by atoms with Gasteiger partial charge in [0.05, 0.1) is 0 Å². The molecule has 94 valence electrons. The summed E-state index contributed by atoms with van der Waals surface area (Å²) in [5.41, 5.74) is 3.53. The SMILES string of the molecule is CCc1ccc(C(=O)CCN(C)C)cc1CC. The monoisotopic (exact) mass is 233 g/mol. The molecule has 1 aromatic carbocycles. The van der Waals surface area contributed by atoms with E-state index in [1.54, 1.807) is 0 Å². The number of carbonyl (C=O) groups excluding carboxylic acids is 1. The molecule has 0 aromatic heterocycles. The lowest BCUT2D eigenvalue weighted by atomic mass is 9.97. The molecule has 0 fully saturated rings. The Morgan fingerprint density at radius 2 is 1.76 bits per heavy atom. The number of hydrogen-bond donors (Lipinski definition) is 0. The van der Waals surface area contributed by atoms with E-state index >= 15 is 0 Å².